The number of carboxylic acids is 1. The van der Waals surface area contributed by atoms with E-state index in [0.717, 1.165) is 6.92 Å². The lowest BCUT2D eigenvalue weighted by Gasteiger charge is -2.28. The fourth-order valence-corrected chi connectivity index (χ4v) is 2.36. The molecular weight excluding hydrogens is 364 g/mol. The number of benzene rings is 1. The first-order valence-corrected chi connectivity index (χ1v) is 8.22. The topological polar surface area (TPSA) is 136 Å². The number of esters is 1. The van der Waals surface area contributed by atoms with Crippen LogP contribution in [0.25, 0.3) is 0 Å². The standard InChI is InChI=1S/C17H21ClN2O6/c1-4-9(2)26-16(25)17(15(23)24,20-10(3)21)8-14(22)12-6-5-11(18)7-13(12)19/h5-7,9H,4,8,19H2,1-3H3,(H,20,21)(H,23,24). The molecule has 8 nitrogen and oxygen atoms in total. The van der Waals surface area contributed by atoms with Crippen LogP contribution in [0.5, 0.6) is 0 Å². The molecule has 2 unspecified atom stereocenters. The van der Waals surface area contributed by atoms with Crippen molar-refractivity contribution in [3.05, 3.63) is 28.8 Å². The zero-order valence-corrected chi connectivity index (χ0v) is 15.4. The molecule has 0 aliphatic carbocycles. The van der Waals surface area contributed by atoms with Crippen LogP contribution in [-0.2, 0) is 19.1 Å². The summed E-state index contributed by atoms with van der Waals surface area (Å²) in [6, 6.07) is 4.05. The van der Waals surface area contributed by atoms with Gasteiger partial charge >= 0.3 is 11.9 Å². The number of carbonyl (C=O) groups is 4. The van der Waals surface area contributed by atoms with Crippen LogP contribution in [-0.4, -0.2) is 40.4 Å². The van der Waals surface area contributed by atoms with E-state index in [1.54, 1.807) is 13.8 Å². The third kappa shape index (κ3) is 4.95. The Kier molecular flexibility index (Phi) is 7.14. The average Bonchev–Trinajstić information content (AvgIpc) is 2.52. The molecule has 0 aliphatic heterocycles. The van der Waals surface area contributed by atoms with Gasteiger partial charge in [0, 0.05) is 23.2 Å². The van der Waals surface area contributed by atoms with Gasteiger partial charge in [-0.1, -0.05) is 18.5 Å². The molecule has 0 aliphatic rings. The van der Waals surface area contributed by atoms with Crippen molar-refractivity contribution in [2.75, 3.05) is 5.73 Å². The van der Waals surface area contributed by atoms with Crippen molar-refractivity contribution in [2.24, 2.45) is 0 Å². The summed E-state index contributed by atoms with van der Waals surface area (Å²) in [5.74, 6) is -4.49. The Balaban J connectivity index is 3.30. The molecule has 1 amide bonds. The van der Waals surface area contributed by atoms with E-state index in [-0.39, 0.29) is 11.3 Å². The van der Waals surface area contributed by atoms with Gasteiger partial charge < -0.3 is 20.9 Å². The molecule has 142 valence electrons. The number of rotatable bonds is 8. The third-order valence-electron chi connectivity index (χ3n) is 3.73. The number of aliphatic carboxylic acids is 1. The van der Waals surface area contributed by atoms with Crippen molar-refractivity contribution < 1.29 is 29.0 Å². The van der Waals surface area contributed by atoms with Crippen LogP contribution in [0.3, 0.4) is 0 Å². The number of anilines is 1. The quantitative estimate of drug-likeness (QED) is 0.269. The third-order valence-corrected chi connectivity index (χ3v) is 3.96. The zero-order chi connectivity index (χ0) is 20.1. The lowest BCUT2D eigenvalue weighted by atomic mass is 9.89. The number of nitrogens with two attached hydrogens (primary N) is 1. The van der Waals surface area contributed by atoms with E-state index < -0.39 is 41.7 Å². The first kappa shape index (κ1) is 21.4. The molecule has 0 aromatic heterocycles. The lowest BCUT2D eigenvalue weighted by molar-refractivity contribution is -0.168. The molecule has 1 aromatic rings. The van der Waals surface area contributed by atoms with Gasteiger partial charge in [0.25, 0.3) is 0 Å². The van der Waals surface area contributed by atoms with Crippen LogP contribution in [0.15, 0.2) is 18.2 Å². The molecule has 0 spiro atoms. The number of hydrogen-bond acceptors (Lipinski definition) is 6. The van der Waals surface area contributed by atoms with Crippen LogP contribution in [0.4, 0.5) is 5.69 Å². The van der Waals surface area contributed by atoms with E-state index in [0.29, 0.717) is 11.4 Å². The average molecular weight is 385 g/mol. The molecular formula is C17H21ClN2O6. The second kappa shape index (κ2) is 8.66. The van der Waals surface area contributed by atoms with Crippen LogP contribution in [0.2, 0.25) is 5.02 Å². The number of nitrogen functional groups attached to an aromatic ring is 1. The summed E-state index contributed by atoms with van der Waals surface area (Å²) in [6.07, 6.45) is -1.02. The molecule has 0 fully saturated rings. The molecule has 2 atom stereocenters. The summed E-state index contributed by atoms with van der Waals surface area (Å²) in [5.41, 5.74) is 3.20. The number of carboxylic acid groups (broad SMARTS) is 1. The minimum absolute atomic E-state index is 0.0123. The number of carbonyl (C=O) groups excluding carboxylic acids is 3. The molecule has 1 aromatic carbocycles. The maximum absolute atomic E-state index is 12.6. The molecule has 0 radical (unpaired) electrons. The summed E-state index contributed by atoms with van der Waals surface area (Å²) in [6.45, 7) is 4.34. The van der Waals surface area contributed by atoms with Gasteiger partial charge in [-0.05, 0) is 31.5 Å². The fraction of sp³-hybridized carbons (Fsp3) is 0.412. The van der Waals surface area contributed by atoms with Crippen LogP contribution in [0.1, 0.15) is 44.0 Å². The second-order valence-electron chi connectivity index (χ2n) is 5.85. The number of halogens is 1. The van der Waals surface area contributed by atoms with E-state index in [9.17, 15) is 24.3 Å². The highest BCUT2D eigenvalue weighted by molar-refractivity contribution is 6.31. The Bertz CT molecular complexity index is 736. The van der Waals surface area contributed by atoms with Crippen molar-refractivity contribution in [1.29, 1.82) is 0 Å². The SMILES string of the molecule is CCC(C)OC(=O)C(CC(=O)c1ccc(Cl)cc1N)(NC(C)=O)C(=O)O. The number of Topliss-reactive ketones (excluding diaryl/α,β-unsaturated/α-hetero) is 1. The van der Waals surface area contributed by atoms with E-state index >= 15 is 0 Å². The summed E-state index contributed by atoms with van der Waals surface area (Å²) in [7, 11) is 0. The van der Waals surface area contributed by atoms with Crippen molar-refractivity contribution in [3.8, 4) is 0 Å². The first-order valence-electron chi connectivity index (χ1n) is 7.85. The number of hydrogen-bond donors (Lipinski definition) is 3. The molecule has 0 saturated carbocycles. The summed E-state index contributed by atoms with van der Waals surface area (Å²) in [5, 5.41) is 12.0. The molecule has 1 rings (SSSR count). The predicted molar refractivity (Wildman–Crippen MR) is 94.8 cm³/mol. The Morgan fingerprint density at radius 2 is 1.96 bits per heavy atom. The van der Waals surface area contributed by atoms with E-state index in [4.69, 9.17) is 22.1 Å². The monoisotopic (exact) mass is 384 g/mol. The summed E-state index contributed by atoms with van der Waals surface area (Å²) in [4.78, 5) is 48.5. The minimum atomic E-state index is -2.56. The van der Waals surface area contributed by atoms with Gasteiger partial charge in [-0.2, -0.15) is 0 Å². The molecule has 9 heteroatoms. The fourth-order valence-electron chi connectivity index (χ4n) is 2.17. The van der Waals surface area contributed by atoms with E-state index in [1.165, 1.54) is 18.2 Å². The van der Waals surface area contributed by atoms with E-state index in [1.807, 2.05) is 0 Å². The Morgan fingerprint density at radius 1 is 1.35 bits per heavy atom. The van der Waals surface area contributed by atoms with Crippen molar-refractivity contribution in [3.63, 3.8) is 0 Å². The molecule has 0 saturated heterocycles. The van der Waals surface area contributed by atoms with Gasteiger partial charge in [0.1, 0.15) is 0 Å². The summed E-state index contributed by atoms with van der Waals surface area (Å²) < 4.78 is 5.07. The van der Waals surface area contributed by atoms with Crippen molar-refractivity contribution >= 4 is 40.9 Å². The van der Waals surface area contributed by atoms with Gasteiger partial charge in [-0.25, -0.2) is 9.59 Å². The normalized spacial score (nSPS) is 14.0. The highest BCUT2D eigenvalue weighted by atomic mass is 35.5. The number of ketones is 1. The Labute approximate surface area is 155 Å². The predicted octanol–water partition coefficient (Wildman–Crippen LogP) is 1.80. The van der Waals surface area contributed by atoms with Gasteiger partial charge in [0.2, 0.25) is 11.4 Å². The van der Waals surface area contributed by atoms with Gasteiger partial charge in [0.05, 0.1) is 12.5 Å². The largest absolute Gasteiger partial charge is 0.479 e. The smallest absolute Gasteiger partial charge is 0.344 e. The number of amides is 1. The van der Waals surface area contributed by atoms with Crippen molar-refractivity contribution in [1.82, 2.24) is 5.32 Å². The van der Waals surface area contributed by atoms with E-state index in [2.05, 4.69) is 5.32 Å². The van der Waals surface area contributed by atoms with Crippen molar-refractivity contribution in [2.45, 2.75) is 45.3 Å². The van der Waals surface area contributed by atoms with Crippen LogP contribution in [0, 0.1) is 0 Å². The highest BCUT2D eigenvalue weighted by Gasteiger charge is 2.51. The van der Waals surface area contributed by atoms with Gasteiger partial charge in [-0.15, -0.1) is 0 Å². The molecule has 26 heavy (non-hydrogen) atoms. The maximum Gasteiger partial charge on any atom is 0.344 e. The zero-order valence-electron chi connectivity index (χ0n) is 14.7. The lowest BCUT2D eigenvalue weighted by Crippen LogP contribution is -2.61. The maximum atomic E-state index is 12.6. The number of nitrogens with one attached hydrogen (secondary N) is 1. The first-order chi connectivity index (χ1) is 12.0. The molecule has 0 bridgehead atoms. The molecule has 0 heterocycles. The highest BCUT2D eigenvalue weighted by Crippen LogP contribution is 2.24. The van der Waals surface area contributed by atoms with Crippen LogP contribution >= 0.6 is 11.6 Å². The van der Waals surface area contributed by atoms with Gasteiger partial charge in [0.15, 0.2) is 5.78 Å². The van der Waals surface area contributed by atoms with Crippen LogP contribution < -0.4 is 11.1 Å². The second-order valence-corrected chi connectivity index (χ2v) is 6.28. The van der Waals surface area contributed by atoms with Gasteiger partial charge in [-0.3, -0.25) is 9.59 Å². The Morgan fingerprint density at radius 3 is 2.42 bits per heavy atom. The minimum Gasteiger partial charge on any atom is -0.479 e. The summed E-state index contributed by atoms with van der Waals surface area (Å²) >= 11 is 5.78. The number of ether oxygens (including phenoxy) is 1. The Hall–Kier alpha value is -2.61. The molecule has 4 N–H and O–H groups in total.